The number of aromatic amines is 1. The van der Waals surface area contributed by atoms with E-state index in [1.165, 1.54) is 17.7 Å². The van der Waals surface area contributed by atoms with E-state index in [1.807, 2.05) is 17.2 Å². The molecule has 2 aliphatic heterocycles. The number of thioether (sulfide) groups is 1. The first-order valence-electron chi connectivity index (χ1n) is 8.43. The largest absolute Gasteiger partial charge is 0.379 e. The molecule has 2 aliphatic rings. The monoisotopic (exact) mass is 348 g/mol. The van der Waals surface area contributed by atoms with Crippen molar-refractivity contribution in [2.45, 2.75) is 30.8 Å². The first-order chi connectivity index (χ1) is 11.6. The van der Waals surface area contributed by atoms with Gasteiger partial charge in [0.05, 0.1) is 0 Å². The molecule has 0 aliphatic carbocycles. The van der Waals surface area contributed by atoms with Crippen LogP contribution in [-0.4, -0.2) is 51.1 Å². The lowest BCUT2D eigenvalue weighted by Crippen LogP contribution is -2.51. The highest BCUT2D eigenvalue weighted by atomic mass is 32.2. The Morgan fingerprint density at radius 1 is 1.38 bits per heavy atom. The summed E-state index contributed by atoms with van der Waals surface area (Å²) in [6.07, 6.45) is 4.27. The van der Waals surface area contributed by atoms with Gasteiger partial charge in [0.2, 0.25) is 0 Å². The second-order valence-electron chi connectivity index (χ2n) is 6.83. The van der Waals surface area contributed by atoms with Crippen molar-refractivity contribution in [3.8, 4) is 0 Å². The number of amides is 1. The topological polar surface area (TPSA) is 56.3 Å². The van der Waals surface area contributed by atoms with Crippen LogP contribution in [0.15, 0.2) is 24.4 Å². The predicted octanol–water partition coefficient (Wildman–Crippen LogP) is 2.88. The molecule has 24 heavy (non-hydrogen) atoms. The minimum absolute atomic E-state index is 0.105. The van der Waals surface area contributed by atoms with Crippen molar-refractivity contribution in [2.75, 3.05) is 24.6 Å². The van der Waals surface area contributed by atoms with Crippen molar-refractivity contribution in [1.29, 1.82) is 0 Å². The van der Waals surface area contributed by atoms with Gasteiger partial charge in [0.1, 0.15) is 5.82 Å². The Balaban J connectivity index is 1.46. The highest BCUT2D eigenvalue weighted by Gasteiger charge is 2.43. The van der Waals surface area contributed by atoms with Crippen molar-refractivity contribution < 1.29 is 14.3 Å². The summed E-state index contributed by atoms with van der Waals surface area (Å²) in [6.45, 7) is 1.34. The van der Waals surface area contributed by atoms with Crippen molar-refractivity contribution in [3.05, 3.63) is 35.8 Å². The normalized spacial score (nSPS) is 25.5. The van der Waals surface area contributed by atoms with Crippen LogP contribution in [0, 0.1) is 5.82 Å². The summed E-state index contributed by atoms with van der Waals surface area (Å²) in [7, 11) is 0. The maximum atomic E-state index is 13.3. The smallest absolute Gasteiger partial charge is 0.255 e. The molecular formula is C18H21FN2O2S. The highest BCUT2D eigenvalue weighted by Crippen LogP contribution is 2.35. The van der Waals surface area contributed by atoms with Crippen LogP contribution < -0.4 is 0 Å². The maximum Gasteiger partial charge on any atom is 0.255 e. The third-order valence-corrected chi connectivity index (χ3v) is 6.47. The highest BCUT2D eigenvalue weighted by molar-refractivity contribution is 7.99. The number of likely N-dealkylation sites (tertiary alicyclic amines) is 1. The van der Waals surface area contributed by atoms with Crippen molar-refractivity contribution in [3.63, 3.8) is 0 Å². The van der Waals surface area contributed by atoms with Gasteiger partial charge in [-0.3, -0.25) is 4.79 Å². The third kappa shape index (κ3) is 2.71. The van der Waals surface area contributed by atoms with Crippen LogP contribution in [0.4, 0.5) is 4.39 Å². The zero-order valence-electron chi connectivity index (χ0n) is 13.4. The molecule has 4 rings (SSSR count). The number of rotatable bonds is 2. The molecular weight excluding hydrogens is 327 g/mol. The van der Waals surface area contributed by atoms with E-state index in [-0.39, 0.29) is 11.7 Å². The van der Waals surface area contributed by atoms with E-state index in [9.17, 15) is 14.3 Å². The van der Waals surface area contributed by atoms with Gasteiger partial charge in [-0.2, -0.15) is 11.8 Å². The molecule has 0 saturated carbocycles. The first-order valence-corrected chi connectivity index (χ1v) is 9.58. The van der Waals surface area contributed by atoms with E-state index >= 15 is 0 Å². The van der Waals surface area contributed by atoms with Gasteiger partial charge in [-0.1, -0.05) is 0 Å². The molecule has 3 heterocycles. The van der Waals surface area contributed by atoms with Crippen molar-refractivity contribution >= 4 is 28.6 Å². The minimum Gasteiger partial charge on any atom is -0.379 e. The number of halogens is 1. The molecule has 1 unspecified atom stereocenters. The number of carbonyl (C=O) groups is 1. The molecule has 0 bridgehead atoms. The Morgan fingerprint density at radius 3 is 2.88 bits per heavy atom. The van der Waals surface area contributed by atoms with Crippen LogP contribution in [0.3, 0.4) is 0 Å². The SMILES string of the molecule is O=C(N1CCC(c2c[nH]c3cc(F)ccc23)CC1)C1(O)CCSC1. The molecule has 0 radical (unpaired) electrons. The number of H-pyrrole nitrogens is 1. The maximum absolute atomic E-state index is 13.3. The Labute approximate surface area is 144 Å². The Hall–Kier alpha value is -1.53. The second kappa shape index (κ2) is 6.08. The van der Waals surface area contributed by atoms with E-state index < -0.39 is 5.60 Å². The Bertz CT molecular complexity index is 761. The van der Waals surface area contributed by atoms with Gasteiger partial charge in [-0.15, -0.1) is 0 Å². The lowest BCUT2D eigenvalue weighted by molar-refractivity contribution is -0.149. The van der Waals surface area contributed by atoms with Gasteiger partial charge in [0.25, 0.3) is 5.91 Å². The molecule has 128 valence electrons. The summed E-state index contributed by atoms with van der Waals surface area (Å²) >= 11 is 1.64. The van der Waals surface area contributed by atoms with Crippen LogP contribution >= 0.6 is 11.8 Å². The first kappa shape index (κ1) is 16.0. The van der Waals surface area contributed by atoms with Gasteiger partial charge in [0, 0.05) is 35.9 Å². The van der Waals surface area contributed by atoms with E-state index in [0.717, 1.165) is 29.5 Å². The second-order valence-corrected chi connectivity index (χ2v) is 7.94. The third-order valence-electron chi connectivity index (χ3n) is 5.30. The molecule has 6 heteroatoms. The van der Waals surface area contributed by atoms with Crippen LogP contribution in [0.1, 0.15) is 30.7 Å². The molecule has 1 amide bonds. The summed E-state index contributed by atoms with van der Waals surface area (Å²) in [5.41, 5.74) is 0.864. The van der Waals surface area contributed by atoms with Crippen molar-refractivity contribution in [1.82, 2.24) is 9.88 Å². The summed E-state index contributed by atoms with van der Waals surface area (Å²) < 4.78 is 13.3. The van der Waals surface area contributed by atoms with Crippen LogP contribution in [0.5, 0.6) is 0 Å². The van der Waals surface area contributed by atoms with E-state index in [2.05, 4.69) is 4.98 Å². The van der Waals surface area contributed by atoms with Gasteiger partial charge in [0.15, 0.2) is 5.60 Å². The standard InChI is InChI=1S/C18H21FN2O2S/c19-13-1-2-14-15(10-20-16(14)9-13)12-3-6-21(7-4-12)17(22)18(23)5-8-24-11-18/h1-2,9-10,12,20,23H,3-8,11H2. The minimum atomic E-state index is -1.16. The molecule has 2 aromatic rings. The van der Waals surface area contributed by atoms with Gasteiger partial charge >= 0.3 is 0 Å². The number of aliphatic hydroxyl groups is 1. The molecule has 2 fully saturated rings. The number of benzene rings is 1. The van der Waals surface area contributed by atoms with E-state index in [1.54, 1.807) is 11.8 Å². The number of nitrogens with zero attached hydrogens (tertiary/aromatic N) is 1. The molecule has 1 aromatic heterocycles. The zero-order valence-corrected chi connectivity index (χ0v) is 14.2. The van der Waals surface area contributed by atoms with Gasteiger partial charge < -0.3 is 15.0 Å². The summed E-state index contributed by atoms with van der Waals surface area (Å²) in [4.78, 5) is 17.5. The van der Waals surface area contributed by atoms with Crippen LogP contribution in [0.25, 0.3) is 10.9 Å². The summed E-state index contributed by atoms with van der Waals surface area (Å²) in [5.74, 6) is 1.39. The quantitative estimate of drug-likeness (QED) is 0.877. The Kier molecular flexibility index (Phi) is 4.04. The fourth-order valence-corrected chi connectivity index (χ4v) is 5.10. The van der Waals surface area contributed by atoms with Crippen molar-refractivity contribution in [2.24, 2.45) is 0 Å². The fraction of sp³-hybridized carbons (Fsp3) is 0.500. The summed E-state index contributed by atoms with van der Waals surface area (Å²) in [6, 6.07) is 4.84. The summed E-state index contributed by atoms with van der Waals surface area (Å²) in [5, 5.41) is 11.5. The number of hydrogen-bond acceptors (Lipinski definition) is 3. The molecule has 2 N–H and O–H groups in total. The Morgan fingerprint density at radius 2 is 2.17 bits per heavy atom. The number of fused-ring (bicyclic) bond motifs is 1. The van der Waals surface area contributed by atoms with E-state index in [4.69, 9.17) is 0 Å². The molecule has 1 aromatic carbocycles. The predicted molar refractivity (Wildman–Crippen MR) is 93.7 cm³/mol. The number of nitrogens with one attached hydrogen (secondary N) is 1. The zero-order chi connectivity index (χ0) is 16.7. The molecule has 4 nitrogen and oxygen atoms in total. The average molecular weight is 348 g/mol. The molecule has 0 spiro atoms. The number of piperidine rings is 1. The average Bonchev–Trinajstić information content (AvgIpc) is 3.21. The lowest BCUT2D eigenvalue weighted by Gasteiger charge is -2.36. The molecule has 2 saturated heterocycles. The molecule has 1 atom stereocenters. The van der Waals surface area contributed by atoms with Gasteiger partial charge in [-0.25, -0.2) is 4.39 Å². The van der Waals surface area contributed by atoms with E-state index in [0.29, 0.717) is 31.2 Å². The van der Waals surface area contributed by atoms with Crippen LogP contribution in [-0.2, 0) is 4.79 Å². The van der Waals surface area contributed by atoms with Crippen LogP contribution in [0.2, 0.25) is 0 Å². The number of carbonyl (C=O) groups excluding carboxylic acids is 1. The fourth-order valence-electron chi connectivity index (χ4n) is 3.87. The number of aromatic nitrogens is 1. The lowest BCUT2D eigenvalue weighted by atomic mass is 9.88. The number of hydrogen-bond donors (Lipinski definition) is 2. The van der Waals surface area contributed by atoms with Gasteiger partial charge in [-0.05, 0) is 54.7 Å².